The van der Waals surface area contributed by atoms with Gasteiger partial charge in [0, 0.05) is 156 Å². The minimum atomic E-state index is -0.647. The minimum absolute atomic E-state index is 0. The molecule has 146 heavy (non-hydrogen) atoms. The molecule has 12 rings (SSSR count). The third-order valence-electron chi connectivity index (χ3n) is 21.4. The molecule has 0 unspecified atom stereocenters. The number of hydrogen-bond donors (Lipinski definition) is 12. The Labute approximate surface area is 964 Å². The number of halogens is 6. The van der Waals surface area contributed by atoms with Crippen LogP contribution in [0.3, 0.4) is 0 Å². The SMILES string of the molecule is CC[C]#[Mo].CC[C]#[Mo].CC[C]#[Mo].CC[C]#[Mo].C[N+](Cc1cc(Br)ccc1O)(Cc1cc(Br)ccc1O)Cc1cc(Br)ccc1O.C[N+](Cc1ccccc1O)(Cc1ccccc1O)Cc1ccccc1O.Cc1cc([N+](=O)[O-])cc(C[N+](C)(Cc2cc([N+](=O)[O-])cc(C)c2O)Cc2cc([N+](=O)[O-])cc(C)c2O)c1O.O=[N+]([O-])c1ccc(O)c(CN(Cc2cc([N+](=O)[O-])ccc2O)Cc2cc([N+](=O)[O-])ccc2O)c1.[I-].[I-].[I-]. The van der Waals surface area contributed by atoms with E-state index in [0.717, 1.165) is 127 Å². The Morgan fingerprint density at radius 1 is 0.260 bits per heavy atom. The molecule has 0 saturated heterocycles. The van der Waals surface area contributed by atoms with Crippen LogP contribution in [0.5, 0.6) is 69.0 Å². The van der Waals surface area contributed by atoms with Gasteiger partial charge in [-0.2, -0.15) is 0 Å². The minimum Gasteiger partial charge on any atom is -1.00 e. The van der Waals surface area contributed by atoms with Gasteiger partial charge < -0.3 is 147 Å². The summed E-state index contributed by atoms with van der Waals surface area (Å²) in [6.45, 7) is 15.3. The smallest absolute Gasteiger partial charge is 0.270 e. The summed E-state index contributed by atoms with van der Waals surface area (Å²) in [6.07, 6.45) is 4.30. The Kier molecular flexibility index (Phi) is 58.8. The number of para-hydroxylation sites is 3. The molecule has 12 N–H and O–H groups in total. The van der Waals surface area contributed by atoms with Crippen LogP contribution in [-0.2, 0) is 155 Å². The van der Waals surface area contributed by atoms with Gasteiger partial charge in [0.25, 0.3) is 34.1 Å². The number of nitro benzene ring substituents is 6. The van der Waals surface area contributed by atoms with Gasteiger partial charge in [-0.15, -0.1) is 0 Å². The Hall–Kier alpha value is -10.0. The van der Waals surface area contributed by atoms with Crippen molar-refractivity contribution >= 4 is 81.9 Å². The number of aromatic hydroxyl groups is 12. The summed E-state index contributed by atoms with van der Waals surface area (Å²) in [6, 6.07) is 55.4. The predicted octanol–water partition coefficient (Wildman–Crippen LogP) is 13.7. The summed E-state index contributed by atoms with van der Waals surface area (Å²) in [5.41, 5.74) is 4.91. The first kappa shape index (κ1) is 132. The molecule has 778 valence electrons. The van der Waals surface area contributed by atoms with Crippen LogP contribution in [0.1, 0.15) is 137 Å². The van der Waals surface area contributed by atoms with Crippen molar-refractivity contribution in [1.82, 2.24) is 4.90 Å². The first-order chi connectivity index (χ1) is 67.4. The Bertz CT molecular complexity index is 6090. The van der Waals surface area contributed by atoms with E-state index < -0.39 is 29.5 Å². The van der Waals surface area contributed by atoms with Gasteiger partial charge in [0.05, 0.1) is 67.4 Å². The van der Waals surface area contributed by atoms with Crippen LogP contribution in [0.4, 0.5) is 34.1 Å². The second-order valence-electron chi connectivity index (χ2n) is 33.4. The van der Waals surface area contributed by atoms with E-state index in [9.17, 15) is 122 Å². The van der Waals surface area contributed by atoms with E-state index >= 15 is 0 Å². The number of nitrogens with zero attached hydrogens (tertiary/aromatic N) is 10. The van der Waals surface area contributed by atoms with Crippen LogP contribution in [-0.4, -0.2) is 130 Å². The summed E-state index contributed by atoms with van der Waals surface area (Å²) in [5.74, 6) is 0.0468. The normalized spacial score (nSPS) is 10.4. The fourth-order valence-electron chi connectivity index (χ4n) is 14.7. The molecule has 0 bridgehead atoms. The van der Waals surface area contributed by atoms with E-state index in [1.165, 1.54) is 62.1 Å². The second-order valence-corrected chi connectivity index (χ2v) is 39.0. The fraction of sp³-hybridized carbons (Fsp3) is 0.255. The van der Waals surface area contributed by atoms with Gasteiger partial charge in [0.2, 0.25) is 0 Å². The van der Waals surface area contributed by atoms with Gasteiger partial charge in [-0.1, -0.05) is 84.2 Å². The van der Waals surface area contributed by atoms with Crippen molar-refractivity contribution in [3.05, 3.63) is 376 Å². The molecular weight excluding hydrogens is 2750 g/mol. The molecule has 34 nitrogen and oxygen atoms in total. The first-order valence-corrected chi connectivity index (χ1v) is 50.0. The zero-order chi connectivity index (χ0) is 107. The van der Waals surface area contributed by atoms with E-state index in [4.69, 9.17) is 0 Å². The molecule has 0 saturated carbocycles. The number of aryl methyl sites for hydroxylation is 3. The average molecular weight is 2860 g/mol. The third-order valence-corrected chi connectivity index (χ3v) is 25.7. The molecule has 12 aromatic carbocycles. The molecule has 0 aliphatic heterocycles. The number of phenolic OH excluding ortho intramolecular Hbond substituents is 12. The van der Waals surface area contributed by atoms with Crippen molar-refractivity contribution < 1.29 is 253 Å². The molecule has 44 heteroatoms. The Morgan fingerprint density at radius 2 is 0.432 bits per heavy atom. The van der Waals surface area contributed by atoms with E-state index in [1.807, 2.05) is 138 Å². The molecule has 0 aliphatic carbocycles. The topological polar surface area (TPSA) is 505 Å². The predicted molar refractivity (Wildman–Crippen MR) is 536 cm³/mol. The first-order valence-electron chi connectivity index (χ1n) is 43.6. The van der Waals surface area contributed by atoms with Gasteiger partial charge in [-0.25, -0.2) is 0 Å². The fourth-order valence-corrected chi connectivity index (χ4v) is 15.9. The number of phenols is 12. The number of rotatable bonds is 30. The van der Waals surface area contributed by atoms with Crippen LogP contribution < -0.4 is 71.9 Å². The maximum absolute atomic E-state index is 11.5. The zero-order valence-corrected chi connectivity index (χ0v) is 100.0. The van der Waals surface area contributed by atoms with Gasteiger partial charge in [-0.3, -0.25) is 65.6 Å². The summed E-state index contributed by atoms with van der Waals surface area (Å²) >= 11 is 17.9. The van der Waals surface area contributed by atoms with E-state index in [-0.39, 0.29) is 269 Å². The molecular formula is C102H110Br3I3Mo4N10O24. The molecule has 0 spiro atoms. The summed E-state index contributed by atoms with van der Waals surface area (Å²) in [7, 11) is 5.75. The number of quaternary nitrogens is 3. The molecule has 0 amide bonds. The third kappa shape index (κ3) is 43.3. The van der Waals surface area contributed by atoms with Gasteiger partial charge in [0.1, 0.15) is 128 Å². The Morgan fingerprint density at radius 3 is 0.630 bits per heavy atom. The number of benzene rings is 12. The van der Waals surface area contributed by atoms with Gasteiger partial charge >= 0.3 is 147 Å². The maximum atomic E-state index is 11.5. The zero-order valence-electron chi connectivity index (χ0n) is 80.7. The number of hydrogen-bond acceptors (Lipinski definition) is 25. The van der Waals surface area contributed by atoms with Gasteiger partial charge in [0.15, 0.2) is 0 Å². The second kappa shape index (κ2) is 65.1. The van der Waals surface area contributed by atoms with Crippen LogP contribution >= 0.6 is 47.8 Å². The van der Waals surface area contributed by atoms with Crippen LogP contribution in [0, 0.1) is 98.3 Å². The molecule has 0 fully saturated rings. The van der Waals surface area contributed by atoms with Crippen molar-refractivity contribution in [3.63, 3.8) is 0 Å². The van der Waals surface area contributed by atoms with E-state index in [2.05, 4.69) is 99.3 Å². The maximum Gasteiger partial charge on any atom is 0.270 e. The average Bonchev–Trinajstić information content (AvgIpc) is 0.737. The molecule has 0 aliphatic rings. The monoisotopic (exact) mass is 2870 g/mol. The van der Waals surface area contributed by atoms with Crippen LogP contribution in [0.15, 0.2) is 232 Å². The Balaban J connectivity index is 0.000000625. The van der Waals surface area contributed by atoms with E-state index in [0.29, 0.717) is 48.2 Å². The molecule has 12 aromatic rings. The van der Waals surface area contributed by atoms with Crippen LogP contribution in [0.2, 0.25) is 0 Å². The van der Waals surface area contributed by atoms with Crippen molar-refractivity contribution in [1.29, 1.82) is 0 Å². The van der Waals surface area contributed by atoms with E-state index in [1.54, 1.807) is 79.8 Å². The summed E-state index contributed by atoms with van der Waals surface area (Å²) in [4.78, 5) is 65.5. The number of nitro groups is 6. The molecule has 0 heterocycles. The summed E-state index contributed by atoms with van der Waals surface area (Å²) in [5, 5.41) is 192. The van der Waals surface area contributed by atoms with Crippen molar-refractivity contribution in [2.75, 3.05) is 21.1 Å². The van der Waals surface area contributed by atoms with Crippen molar-refractivity contribution in [3.8, 4) is 85.8 Å². The summed E-state index contributed by atoms with van der Waals surface area (Å²) < 4.78 is 15.1. The van der Waals surface area contributed by atoms with Crippen molar-refractivity contribution in [2.45, 2.75) is 153 Å². The largest absolute Gasteiger partial charge is 1.00 e. The molecule has 0 atom stereocenters. The van der Waals surface area contributed by atoms with Crippen molar-refractivity contribution in [2.24, 2.45) is 0 Å². The number of non-ortho nitro benzene ring substituents is 6. The standard InChI is InChI=1S/C25H26N4O9.C22H20Br3NO3.C22H23NO3.C21H18N4O9.4C3H5.3HI.4Mo/c1-14-5-20(26(33)34)8-17(23(14)30)11-29(4,12-18-9-21(27(35)36)6-15(2)24(18)31)13-19-10-22(28(37)38)7-16(3)25(19)32;1-26(11-14-8-17(23)2-5-20(14)27,12-15-9-18(24)3-6-21(15)28)13-16-10-19(25)4-7-22(16)29;1-23(14-17-8-2-5-11-20(17)24,15-18-9-3-6-12-21(18)25)16-19-10-4-7-13-22(19)26;26-19-4-1-16(23(29)30)7-13(19)10-22(11-14-8-17(24(31)32)2-5-20(14)27)12-15-9-18(25(33)34)3-6-21(15)28;4*1-3-2;;;;;;;/h5-10H,11-13H2,1-4H3,(H2-,30,31,32);2-10H,11-13H2,1H3,(H2-,27,28,29);2-13H,14-16H2,1H3,(H2-,24,25,26);1-9,26-28H,10-12H2;4*3H2,1H3;3*1H;;;;. The quantitative estimate of drug-likeness (QED) is 0.00654. The molecule has 0 radical (unpaired) electrons. The molecule has 0 aromatic heterocycles. The van der Waals surface area contributed by atoms with Crippen LogP contribution in [0.25, 0.3) is 0 Å². The van der Waals surface area contributed by atoms with Gasteiger partial charge in [-0.05, 0) is 147 Å².